The lowest BCUT2D eigenvalue weighted by atomic mass is 9.46. The zero-order chi connectivity index (χ0) is 14.6. The molecule has 5 atom stereocenters. The molecule has 2 N–H and O–H groups in total. The molecule has 0 aromatic carbocycles. The van der Waals surface area contributed by atoms with Crippen molar-refractivity contribution in [3.8, 4) is 0 Å². The molecule has 0 bridgehead atoms. The van der Waals surface area contributed by atoms with Gasteiger partial charge < -0.3 is 15.2 Å². The van der Waals surface area contributed by atoms with Crippen molar-refractivity contribution < 1.29 is 19.4 Å². The third kappa shape index (κ3) is 1.86. The predicted octanol–water partition coefficient (Wildman–Crippen LogP) is 1.56. The first-order valence-electron chi connectivity index (χ1n) is 8.26. The molecule has 116 valence electrons. The van der Waals surface area contributed by atoms with Gasteiger partial charge in [0.05, 0.1) is 12.0 Å². The number of carboxylic acids is 1. The molecule has 1 aliphatic heterocycles. The van der Waals surface area contributed by atoms with Crippen LogP contribution in [0.3, 0.4) is 0 Å². The molecule has 4 rings (SSSR count). The second-order valence-corrected chi connectivity index (χ2v) is 7.36. The summed E-state index contributed by atoms with van der Waals surface area (Å²) in [5.41, 5.74) is 0.210. The number of carbonyl (C=O) groups is 2. The van der Waals surface area contributed by atoms with E-state index >= 15 is 0 Å². The van der Waals surface area contributed by atoms with Gasteiger partial charge in [0.25, 0.3) is 0 Å². The molecule has 1 heterocycles. The highest BCUT2D eigenvalue weighted by molar-refractivity contribution is 5.81. The molecule has 21 heavy (non-hydrogen) atoms. The van der Waals surface area contributed by atoms with Gasteiger partial charge in [0.1, 0.15) is 0 Å². The van der Waals surface area contributed by atoms with Gasteiger partial charge in [-0.05, 0) is 38.5 Å². The topological polar surface area (TPSA) is 75.6 Å². The molecule has 0 radical (unpaired) electrons. The van der Waals surface area contributed by atoms with Crippen molar-refractivity contribution in [3.63, 3.8) is 0 Å². The molecule has 0 aromatic rings. The maximum absolute atomic E-state index is 12.5. The molecule has 3 aliphatic carbocycles. The Labute approximate surface area is 124 Å². The quantitative estimate of drug-likeness (QED) is 0.828. The number of ether oxygens (including phenoxy) is 1. The number of hydrogen-bond acceptors (Lipinski definition) is 3. The van der Waals surface area contributed by atoms with Crippen LogP contribution in [0.15, 0.2) is 0 Å². The summed E-state index contributed by atoms with van der Waals surface area (Å²) >= 11 is 0. The van der Waals surface area contributed by atoms with Crippen molar-refractivity contribution in [1.82, 2.24) is 5.32 Å². The Balaban J connectivity index is 1.40. The lowest BCUT2D eigenvalue weighted by molar-refractivity contribution is -0.180. The number of carboxylic acid groups (broad SMARTS) is 1. The van der Waals surface area contributed by atoms with Crippen molar-refractivity contribution in [2.24, 2.45) is 23.2 Å². The number of aliphatic carboxylic acids is 1. The second-order valence-electron chi connectivity index (χ2n) is 7.36. The van der Waals surface area contributed by atoms with E-state index in [1.54, 1.807) is 0 Å². The number of rotatable bonds is 3. The molecule has 1 saturated heterocycles. The summed E-state index contributed by atoms with van der Waals surface area (Å²) in [6.07, 6.45) is 6.86. The molecule has 3 unspecified atom stereocenters. The number of carbonyl (C=O) groups excluding carboxylic acids is 1. The fraction of sp³-hybridized carbons (Fsp3) is 0.875. The Kier molecular flexibility index (Phi) is 3.03. The Morgan fingerprint density at radius 1 is 1.14 bits per heavy atom. The first-order valence-corrected chi connectivity index (χ1v) is 8.26. The largest absolute Gasteiger partial charge is 0.481 e. The van der Waals surface area contributed by atoms with E-state index in [-0.39, 0.29) is 29.2 Å². The highest BCUT2D eigenvalue weighted by atomic mass is 16.5. The highest BCUT2D eigenvalue weighted by Gasteiger charge is 2.67. The number of nitrogens with one attached hydrogen (secondary N) is 1. The van der Waals surface area contributed by atoms with Crippen LogP contribution in [0.2, 0.25) is 0 Å². The summed E-state index contributed by atoms with van der Waals surface area (Å²) in [6, 6.07) is 0.273. The lowest BCUT2D eigenvalue weighted by Crippen LogP contribution is -2.72. The number of fused-ring (bicyclic) bond motifs is 2. The van der Waals surface area contributed by atoms with E-state index in [4.69, 9.17) is 9.84 Å². The number of amides is 1. The van der Waals surface area contributed by atoms with E-state index in [2.05, 4.69) is 5.32 Å². The smallest absolute Gasteiger partial charge is 0.306 e. The first kappa shape index (κ1) is 13.6. The van der Waals surface area contributed by atoms with Crippen LogP contribution in [0.25, 0.3) is 0 Å². The van der Waals surface area contributed by atoms with E-state index in [0.29, 0.717) is 31.3 Å². The Bertz CT molecular complexity index is 473. The van der Waals surface area contributed by atoms with Crippen LogP contribution in [0.4, 0.5) is 0 Å². The Hall–Kier alpha value is -1.10. The summed E-state index contributed by atoms with van der Waals surface area (Å²) in [6.45, 7) is 0.827. The highest BCUT2D eigenvalue weighted by Crippen LogP contribution is 2.62. The fourth-order valence-electron chi connectivity index (χ4n) is 5.17. The summed E-state index contributed by atoms with van der Waals surface area (Å²) in [5, 5.41) is 12.3. The van der Waals surface area contributed by atoms with E-state index in [1.165, 1.54) is 19.3 Å². The first-order chi connectivity index (χ1) is 10.1. The third-order valence-corrected chi connectivity index (χ3v) is 6.49. The van der Waals surface area contributed by atoms with Gasteiger partial charge in [0.15, 0.2) is 0 Å². The molecule has 5 nitrogen and oxygen atoms in total. The molecular weight excluding hydrogens is 270 g/mol. The van der Waals surface area contributed by atoms with Crippen molar-refractivity contribution in [2.45, 2.75) is 57.1 Å². The van der Waals surface area contributed by atoms with Crippen LogP contribution >= 0.6 is 0 Å². The average molecular weight is 293 g/mol. The normalized spacial score (nSPS) is 43.0. The molecule has 4 fully saturated rings. The summed E-state index contributed by atoms with van der Waals surface area (Å²) in [7, 11) is 0. The summed E-state index contributed by atoms with van der Waals surface area (Å²) in [4.78, 5) is 23.5. The van der Waals surface area contributed by atoms with Gasteiger partial charge in [0.2, 0.25) is 5.91 Å². The fourth-order valence-corrected chi connectivity index (χ4v) is 5.17. The van der Waals surface area contributed by atoms with Gasteiger partial charge in [-0.3, -0.25) is 9.59 Å². The maximum atomic E-state index is 12.5. The molecule has 4 aliphatic rings. The molecule has 0 aromatic heterocycles. The standard InChI is InChI=1S/C16H23NO4/c18-14(9-2-3-10(8-9)15(19)20)17-12-11-4-7-21-13(11)16(12)5-1-6-16/h9-13H,1-8H2,(H,17,18)(H,19,20)/t9-,10+,11?,12?,13?/m0/s1. The predicted molar refractivity (Wildman–Crippen MR) is 74.5 cm³/mol. The third-order valence-electron chi connectivity index (χ3n) is 6.49. The Morgan fingerprint density at radius 2 is 1.90 bits per heavy atom. The van der Waals surface area contributed by atoms with Crippen molar-refractivity contribution in [2.75, 3.05) is 6.61 Å². The number of hydrogen-bond donors (Lipinski definition) is 2. The van der Waals surface area contributed by atoms with Gasteiger partial charge in [0, 0.05) is 29.9 Å². The summed E-state index contributed by atoms with van der Waals surface area (Å²) in [5.74, 6) is -0.619. The minimum absolute atomic E-state index is 0.0837. The van der Waals surface area contributed by atoms with Gasteiger partial charge in [-0.2, -0.15) is 0 Å². The van der Waals surface area contributed by atoms with Crippen molar-refractivity contribution in [3.05, 3.63) is 0 Å². The molecular formula is C16H23NO4. The lowest BCUT2D eigenvalue weighted by Gasteiger charge is -2.63. The Morgan fingerprint density at radius 3 is 2.52 bits per heavy atom. The summed E-state index contributed by atoms with van der Waals surface area (Å²) < 4.78 is 5.87. The minimum Gasteiger partial charge on any atom is -0.481 e. The zero-order valence-corrected chi connectivity index (χ0v) is 12.2. The second kappa shape index (κ2) is 4.70. The van der Waals surface area contributed by atoms with Gasteiger partial charge in [-0.1, -0.05) is 6.42 Å². The average Bonchev–Trinajstić information content (AvgIpc) is 3.01. The van der Waals surface area contributed by atoms with Crippen LogP contribution in [-0.4, -0.2) is 35.7 Å². The molecule has 1 amide bonds. The SMILES string of the molecule is O=C(O)[C@@H]1CC[C@H](C(=O)NC2C3CCOC3C23CCC3)C1. The van der Waals surface area contributed by atoms with Crippen molar-refractivity contribution >= 4 is 11.9 Å². The van der Waals surface area contributed by atoms with Crippen LogP contribution in [0, 0.1) is 23.2 Å². The molecule has 5 heteroatoms. The van der Waals surface area contributed by atoms with E-state index in [1.807, 2.05) is 0 Å². The van der Waals surface area contributed by atoms with Gasteiger partial charge in [-0.25, -0.2) is 0 Å². The molecule has 3 saturated carbocycles. The molecule has 1 spiro atoms. The van der Waals surface area contributed by atoms with E-state index < -0.39 is 5.97 Å². The van der Waals surface area contributed by atoms with Crippen LogP contribution in [-0.2, 0) is 14.3 Å². The van der Waals surface area contributed by atoms with Gasteiger partial charge >= 0.3 is 5.97 Å². The van der Waals surface area contributed by atoms with Crippen molar-refractivity contribution in [1.29, 1.82) is 0 Å². The van der Waals surface area contributed by atoms with Gasteiger partial charge in [-0.15, -0.1) is 0 Å². The van der Waals surface area contributed by atoms with Crippen LogP contribution < -0.4 is 5.32 Å². The maximum Gasteiger partial charge on any atom is 0.306 e. The van der Waals surface area contributed by atoms with Crippen LogP contribution in [0.1, 0.15) is 44.9 Å². The van der Waals surface area contributed by atoms with E-state index in [9.17, 15) is 9.59 Å². The minimum atomic E-state index is -0.756. The monoisotopic (exact) mass is 293 g/mol. The zero-order valence-electron chi connectivity index (χ0n) is 12.2. The van der Waals surface area contributed by atoms with E-state index in [0.717, 1.165) is 13.0 Å². The van der Waals surface area contributed by atoms with Crippen LogP contribution in [0.5, 0.6) is 0 Å².